The topological polar surface area (TPSA) is 122 Å². The Balaban J connectivity index is 0.00000300. The van der Waals surface area contributed by atoms with Gasteiger partial charge in [0, 0.05) is 24.2 Å². The lowest BCUT2D eigenvalue weighted by Gasteiger charge is -2.21. The largest absolute Gasteiger partial charge is 0.474 e. The molecular formula is C18H26ClN5O4S. The zero-order valence-corrected chi connectivity index (χ0v) is 18.2. The van der Waals surface area contributed by atoms with Gasteiger partial charge in [-0.05, 0) is 51.8 Å². The van der Waals surface area contributed by atoms with Crippen molar-refractivity contribution in [1.29, 1.82) is 0 Å². The number of nitrogens with zero attached hydrogens (tertiary/aromatic N) is 3. The third-order valence-corrected chi connectivity index (χ3v) is 6.56. The predicted octanol–water partition coefficient (Wildman–Crippen LogP) is 2.31. The van der Waals surface area contributed by atoms with Crippen LogP contribution in [0.1, 0.15) is 44.0 Å². The number of nitrogens with one attached hydrogen (secondary N) is 1. The number of halogens is 1. The van der Waals surface area contributed by atoms with Gasteiger partial charge >= 0.3 is 0 Å². The second-order valence-corrected chi connectivity index (χ2v) is 8.96. The lowest BCUT2D eigenvalue weighted by atomic mass is 10.2. The van der Waals surface area contributed by atoms with E-state index in [1.54, 1.807) is 0 Å². The highest BCUT2D eigenvalue weighted by Crippen LogP contribution is 2.26. The van der Waals surface area contributed by atoms with Gasteiger partial charge in [-0.3, -0.25) is 9.89 Å². The van der Waals surface area contributed by atoms with E-state index in [9.17, 15) is 13.2 Å². The lowest BCUT2D eigenvalue weighted by molar-refractivity contribution is 0.0986. The van der Waals surface area contributed by atoms with E-state index in [4.69, 9.17) is 10.6 Å². The summed E-state index contributed by atoms with van der Waals surface area (Å²) in [7, 11) is -3.66. The number of rotatable bonds is 6. The van der Waals surface area contributed by atoms with Crippen molar-refractivity contribution >= 4 is 34.2 Å². The monoisotopic (exact) mass is 443 g/mol. The van der Waals surface area contributed by atoms with Crippen molar-refractivity contribution in [3.05, 3.63) is 35.9 Å². The highest BCUT2D eigenvalue weighted by Gasteiger charge is 2.33. The number of sulfonamides is 1. The average Bonchev–Trinajstić information content (AvgIpc) is 3.29. The van der Waals surface area contributed by atoms with Gasteiger partial charge in [0.05, 0.1) is 11.0 Å². The standard InChI is InChI=1S/C18H25N5O4S.ClH/c1-12(2)27-17-11-16(20-21-17)23(19)18(24)14-7-4-8-15(10-14)28(25,26)22-9-5-6-13(22)3;/h4,7-8,10-13H,5-6,9,19H2,1-3H3,(H,20,21);1H. The van der Waals surface area contributed by atoms with Crippen molar-refractivity contribution in [3.63, 3.8) is 0 Å². The maximum Gasteiger partial charge on any atom is 0.273 e. The first-order chi connectivity index (χ1) is 13.2. The molecule has 0 radical (unpaired) electrons. The van der Waals surface area contributed by atoms with Crippen LogP contribution in [0.25, 0.3) is 0 Å². The van der Waals surface area contributed by atoms with Crippen LogP contribution in [0.3, 0.4) is 0 Å². The smallest absolute Gasteiger partial charge is 0.273 e. The molecule has 160 valence electrons. The summed E-state index contributed by atoms with van der Waals surface area (Å²) < 4.78 is 32.7. The second kappa shape index (κ2) is 9.12. The molecule has 2 heterocycles. The Hall–Kier alpha value is -2.14. The molecular weight excluding hydrogens is 418 g/mol. The van der Waals surface area contributed by atoms with Crippen molar-refractivity contribution in [3.8, 4) is 5.88 Å². The molecule has 2 aromatic rings. The van der Waals surface area contributed by atoms with Gasteiger partial charge < -0.3 is 4.74 Å². The summed E-state index contributed by atoms with van der Waals surface area (Å²) in [6.45, 7) is 6.08. The van der Waals surface area contributed by atoms with Crippen LogP contribution in [0.4, 0.5) is 5.82 Å². The fourth-order valence-corrected chi connectivity index (χ4v) is 4.90. The van der Waals surface area contributed by atoms with Crippen LogP contribution in [0, 0.1) is 0 Å². The Morgan fingerprint density at radius 1 is 1.38 bits per heavy atom. The van der Waals surface area contributed by atoms with Crippen molar-refractivity contribution in [2.45, 2.75) is 50.7 Å². The van der Waals surface area contributed by atoms with Crippen molar-refractivity contribution in [2.75, 3.05) is 11.6 Å². The van der Waals surface area contributed by atoms with Crippen LogP contribution >= 0.6 is 12.4 Å². The van der Waals surface area contributed by atoms with Gasteiger partial charge in [0.15, 0.2) is 0 Å². The highest BCUT2D eigenvalue weighted by molar-refractivity contribution is 7.89. The van der Waals surface area contributed by atoms with Crippen LogP contribution < -0.4 is 15.6 Å². The molecule has 1 amide bonds. The minimum absolute atomic E-state index is 0. The Labute approximate surface area is 176 Å². The summed E-state index contributed by atoms with van der Waals surface area (Å²) in [5.74, 6) is 5.90. The number of hydrazine groups is 1. The molecule has 3 rings (SSSR count). The summed E-state index contributed by atoms with van der Waals surface area (Å²) in [5, 5.41) is 7.46. The molecule has 1 aliphatic rings. The maximum atomic E-state index is 12.9. The highest BCUT2D eigenvalue weighted by atomic mass is 35.5. The van der Waals surface area contributed by atoms with E-state index in [1.165, 1.54) is 34.6 Å². The average molecular weight is 444 g/mol. The van der Waals surface area contributed by atoms with E-state index in [1.807, 2.05) is 20.8 Å². The molecule has 1 unspecified atom stereocenters. The van der Waals surface area contributed by atoms with Gasteiger partial charge in [-0.2, -0.15) is 4.31 Å². The van der Waals surface area contributed by atoms with E-state index >= 15 is 0 Å². The summed E-state index contributed by atoms with van der Waals surface area (Å²) in [6, 6.07) is 7.35. The van der Waals surface area contributed by atoms with E-state index in [0.29, 0.717) is 12.4 Å². The Morgan fingerprint density at radius 3 is 2.72 bits per heavy atom. The van der Waals surface area contributed by atoms with Crippen molar-refractivity contribution < 1.29 is 17.9 Å². The number of aromatic nitrogens is 2. The summed E-state index contributed by atoms with van der Waals surface area (Å²) >= 11 is 0. The number of hydrogen-bond donors (Lipinski definition) is 2. The molecule has 11 heteroatoms. The van der Waals surface area contributed by atoms with E-state index < -0.39 is 15.9 Å². The number of anilines is 1. The number of carbonyl (C=O) groups excluding carboxylic acids is 1. The SMILES string of the molecule is CC(C)Oc1cc(N(N)C(=O)c2cccc(S(=O)(=O)N3CCCC3C)c2)[nH]n1.Cl. The summed E-state index contributed by atoms with van der Waals surface area (Å²) in [4.78, 5) is 12.8. The quantitative estimate of drug-likeness (QED) is 0.401. The molecule has 0 spiro atoms. The number of nitrogens with two attached hydrogens (primary N) is 1. The molecule has 29 heavy (non-hydrogen) atoms. The van der Waals surface area contributed by atoms with Gasteiger partial charge in [-0.15, -0.1) is 17.5 Å². The van der Waals surface area contributed by atoms with E-state index in [-0.39, 0.29) is 40.8 Å². The maximum absolute atomic E-state index is 12.9. The first-order valence-electron chi connectivity index (χ1n) is 9.13. The molecule has 1 atom stereocenters. The third-order valence-electron chi connectivity index (χ3n) is 4.56. The van der Waals surface area contributed by atoms with Gasteiger partial charge in [0.1, 0.15) is 5.82 Å². The molecule has 1 fully saturated rings. The van der Waals surface area contributed by atoms with Crippen molar-refractivity contribution in [1.82, 2.24) is 14.5 Å². The first-order valence-corrected chi connectivity index (χ1v) is 10.6. The molecule has 1 aromatic carbocycles. The Kier molecular flexibility index (Phi) is 7.28. The number of benzene rings is 1. The van der Waals surface area contributed by atoms with Crippen molar-refractivity contribution in [2.24, 2.45) is 5.84 Å². The zero-order chi connectivity index (χ0) is 20.5. The second-order valence-electron chi connectivity index (χ2n) is 7.07. The van der Waals surface area contributed by atoms with Crippen LogP contribution in [-0.4, -0.2) is 47.5 Å². The number of aromatic amines is 1. The summed E-state index contributed by atoms with van der Waals surface area (Å²) in [5.41, 5.74) is 0.163. The molecule has 3 N–H and O–H groups in total. The minimum atomic E-state index is -3.66. The van der Waals surface area contributed by atoms with Crippen LogP contribution in [0.2, 0.25) is 0 Å². The normalized spacial score (nSPS) is 17.2. The number of ether oxygens (including phenoxy) is 1. The molecule has 0 bridgehead atoms. The predicted molar refractivity (Wildman–Crippen MR) is 112 cm³/mol. The zero-order valence-electron chi connectivity index (χ0n) is 16.5. The molecule has 9 nitrogen and oxygen atoms in total. The Morgan fingerprint density at radius 2 is 2.10 bits per heavy atom. The number of hydrogen-bond acceptors (Lipinski definition) is 6. The molecule has 1 aromatic heterocycles. The third kappa shape index (κ3) is 4.89. The Bertz CT molecular complexity index is 963. The van der Waals surface area contributed by atoms with Gasteiger partial charge in [0.25, 0.3) is 5.91 Å². The molecule has 1 saturated heterocycles. The minimum Gasteiger partial charge on any atom is -0.474 e. The van der Waals surface area contributed by atoms with E-state index in [2.05, 4.69) is 10.2 Å². The summed E-state index contributed by atoms with van der Waals surface area (Å²) in [6.07, 6.45) is 1.58. The lowest BCUT2D eigenvalue weighted by Crippen LogP contribution is -2.38. The first kappa shape index (κ1) is 23.1. The van der Waals surface area contributed by atoms with Gasteiger partial charge in [-0.1, -0.05) is 6.07 Å². The number of carbonyl (C=O) groups is 1. The van der Waals surface area contributed by atoms with E-state index in [0.717, 1.165) is 17.9 Å². The number of amides is 1. The van der Waals surface area contributed by atoms with Crippen LogP contribution in [0.5, 0.6) is 5.88 Å². The molecule has 0 aliphatic carbocycles. The van der Waals surface area contributed by atoms with Gasteiger partial charge in [0.2, 0.25) is 15.9 Å². The molecule has 1 aliphatic heterocycles. The van der Waals surface area contributed by atoms with Gasteiger partial charge in [-0.25, -0.2) is 19.3 Å². The number of H-pyrrole nitrogens is 1. The fraction of sp³-hybridized carbons (Fsp3) is 0.444. The van der Waals surface area contributed by atoms with Crippen LogP contribution in [0.15, 0.2) is 35.2 Å². The van der Waals surface area contributed by atoms with Crippen LogP contribution in [-0.2, 0) is 10.0 Å². The fourth-order valence-electron chi connectivity index (χ4n) is 3.16. The molecule has 0 saturated carbocycles.